The molecule has 7 nitrogen and oxygen atoms in total. The highest BCUT2D eigenvalue weighted by Crippen LogP contribution is 2.30. The van der Waals surface area contributed by atoms with E-state index in [2.05, 4.69) is 10.3 Å². The van der Waals surface area contributed by atoms with Crippen molar-refractivity contribution in [2.75, 3.05) is 11.9 Å². The summed E-state index contributed by atoms with van der Waals surface area (Å²) in [7, 11) is 0. The lowest BCUT2D eigenvalue weighted by atomic mass is 10.1. The van der Waals surface area contributed by atoms with Crippen LogP contribution in [0.3, 0.4) is 0 Å². The van der Waals surface area contributed by atoms with E-state index in [-0.39, 0.29) is 5.91 Å². The summed E-state index contributed by atoms with van der Waals surface area (Å²) in [6, 6.07) is 7.04. The number of imidazole rings is 1. The Morgan fingerprint density at radius 2 is 2.07 bits per heavy atom. The summed E-state index contributed by atoms with van der Waals surface area (Å²) >= 11 is 1.56. The lowest BCUT2D eigenvalue weighted by Gasteiger charge is -2.28. The molecule has 2 amide bonds. The summed E-state index contributed by atoms with van der Waals surface area (Å²) in [5, 5.41) is 4.98. The number of aromatic nitrogens is 2. The highest BCUT2D eigenvalue weighted by Gasteiger charge is 2.36. The van der Waals surface area contributed by atoms with Gasteiger partial charge in [0.1, 0.15) is 11.6 Å². The summed E-state index contributed by atoms with van der Waals surface area (Å²) in [4.78, 5) is 32.6. The standard InChI is InChI=1S/C21H24N4O3S/c1-21(2,3)28-20(27)25-10-6-9-17(25)18(26)22-15-8-5-4-7-14(15)16-13-24-11-12-29-19(24)23-16/h4-5,7-8,11-13,17H,6,9-10H2,1-3H3,(H,22,26)/t17-/m1/s1. The van der Waals surface area contributed by atoms with Crippen LogP contribution in [0.15, 0.2) is 42.0 Å². The molecule has 0 radical (unpaired) electrons. The van der Waals surface area contributed by atoms with Crippen molar-refractivity contribution in [3.05, 3.63) is 42.0 Å². The number of nitrogens with one attached hydrogen (secondary N) is 1. The molecule has 152 valence electrons. The smallest absolute Gasteiger partial charge is 0.410 e. The van der Waals surface area contributed by atoms with Gasteiger partial charge in [0.25, 0.3) is 0 Å². The van der Waals surface area contributed by atoms with Crippen molar-refractivity contribution in [2.45, 2.75) is 45.3 Å². The molecule has 1 aliphatic heterocycles. The molecule has 3 aromatic rings. The molecule has 1 saturated heterocycles. The molecule has 1 aromatic carbocycles. The van der Waals surface area contributed by atoms with E-state index in [0.717, 1.165) is 22.6 Å². The van der Waals surface area contributed by atoms with Crippen molar-refractivity contribution >= 4 is 34.0 Å². The largest absolute Gasteiger partial charge is 0.444 e. The number of para-hydroxylation sites is 1. The average Bonchev–Trinajstić information content (AvgIpc) is 3.36. The van der Waals surface area contributed by atoms with Gasteiger partial charge in [-0.1, -0.05) is 18.2 Å². The molecule has 4 rings (SSSR count). The number of hydrogen-bond acceptors (Lipinski definition) is 5. The van der Waals surface area contributed by atoms with Crippen LogP contribution in [-0.2, 0) is 9.53 Å². The second-order valence-electron chi connectivity index (χ2n) is 8.09. The topological polar surface area (TPSA) is 75.9 Å². The lowest BCUT2D eigenvalue weighted by Crippen LogP contribution is -2.45. The Hall–Kier alpha value is -2.87. The first-order valence-electron chi connectivity index (χ1n) is 9.64. The Morgan fingerprint density at radius 3 is 2.83 bits per heavy atom. The maximum absolute atomic E-state index is 13.0. The van der Waals surface area contributed by atoms with E-state index in [9.17, 15) is 9.59 Å². The maximum Gasteiger partial charge on any atom is 0.410 e. The molecule has 0 aliphatic carbocycles. The molecular formula is C21H24N4O3S. The second-order valence-corrected chi connectivity index (χ2v) is 8.96. The molecule has 0 spiro atoms. The van der Waals surface area contributed by atoms with Gasteiger partial charge in [0.05, 0.1) is 11.4 Å². The van der Waals surface area contributed by atoms with Gasteiger partial charge in [-0.05, 0) is 39.7 Å². The summed E-state index contributed by atoms with van der Waals surface area (Å²) < 4.78 is 7.42. The number of ether oxygens (including phenoxy) is 1. The van der Waals surface area contributed by atoms with Crippen LogP contribution in [0, 0.1) is 0 Å². The Labute approximate surface area is 173 Å². The number of rotatable bonds is 3. The lowest BCUT2D eigenvalue weighted by molar-refractivity contribution is -0.120. The first-order chi connectivity index (χ1) is 13.8. The Balaban J connectivity index is 1.54. The molecule has 1 atom stereocenters. The van der Waals surface area contributed by atoms with Crippen LogP contribution < -0.4 is 5.32 Å². The summed E-state index contributed by atoms with van der Waals surface area (Å²) in [5.74, 6) is -0.207. The summed E-state index contributed by atoms with van der Waals surface area (Å²) in [6.45, 7) is 5.98. The number of carbonyl (C=O) groups is 2. The third-order valence-electron chi connectivity index (χ3n) is 4.74. The van der Waals surface area contributed by atoms with Crippen LogP contribution in [0.2, 0.25) is 0 Å². The summed E-state index contributed by atoms with van der Waals surface area (Å²) in [5.41, 5.74) is 1.72. The highest BCUT2D eigenvalue weighted by molar-refractivity contribution is 7.15. The fourth-order valence-corrected chi connectivity index (χ4v) is 4.17. The van der Waals surface area contributed by atoms with Crippen molar-refractivity contribution < 1.29 is 14.3 Å². The van der Waals surface area contributed by atoms with Gasteiger partial charge in [-0.25, -0.2) is 9.78 Å². The van der Waals surface area contributed by atoms with Gasteiger partial charge in [0.2, 0.25) is 5.91 Å². The number of fused-ring (bicyclic) bond motifs is 1. The van der Waals surface area contributed by atoms with Crippen molar-refractivity contribution in [3.8, 4) is 11.3 Å². The van der Waals surface area contributed by atoms with Gasteiger partial charge in [0.15, 0.2) is 4.96 Å². The van der Waals surface area contributed by atoms with Crippen LogP contribution in [0.4, 0.5) is 10.5 Å². The number of thiazole rings is 1. The predicted molar refractivity (Wildman–Crippen MR) is 113 cm³/mol. The number of anilines is 1. The predicted octanol–water partition coefficient (Wildman–Crippen LogP) is 4.40. The minimum Gasteiger partial charge on any atom is -0.444 e. The van der Waals surface area contributed by atoms with Gasteiger partial charge in [-0.15, -0.1) is 11.3 Å². The fourth-order valence-electron chi connectivity index (χ4n) is 3.47. The first-order valence-corrected chi connectivity index (χ1v) is 10.5. The number of nitrogens with zero attached hydrogens (tertiary/aromatic N) is 3. The number of amides is 2. The third-order valence-corrected chi connectivity index (χ3v) is 5.51. The van der Waals surface area contributed by atoms with Gasteiger partial charge in [-0.2, -0.15) is 0 Å². The molecule has 0 bridgehead atoms. The molecule has 0 unspecified atom stereocenters. The average molecular weight is 413 g/mol. The van der Waals surface area contributed by atoms with E-state index >= 15 is 0 Å². The zero-order chi connectivity index (χ0) is 20.6. The molecule has 3 heterocycles. The zero-order valence-corrected chi connectivity index (χ0v) is 17.5. The quantitative estimate of drug-likeness (QED) is 0.692. The minimum atomic E-state index is -0.596. The SMILES string of the molecule is CC(C)(C)OC(=O)N1CCC[C@@H]1C(=O)Nc1ccccc1-c1cn2ccsc2n1. The number of likely N-dealkylation sites (tertiary alicyclic amines) is 1. The first kappa shape index (κ1) is 19.4. The molecule has 1 fully saturated rings. The van der Waals surface area contributed by atoms with E-state index in [1.54, 1.807) is 11.3 Å². The molecule has 1 N–H and O–H groups in total. The van der Waals surface area contributed by atoms with Gasteiger partial charge >= 0.3 is 6.09 Å². The Kier molecular flexibility index (Phi) is 5.04. The molecule has 0 saturated carbocycles. The van der Waals surface area contributed by atoms with E-state index < -0.39 is 17.7 Å². The van der Waals surface area contributed by atoms with Gasteiger partial charge < -0.3 is 10.1 Å². The van der Waals surface area contributed by atoms with Crippen LogP contribution in [0.5, 0.6) is 0 Å². The molecule has 2 aromatic heterocycles. The van der Waals surface area contributed by atoms with Crippen molar-refractivity contribution in [1.29, 1.82) is 0 Å². The fraction of sp³-hybridized carbons (Fsp3) is 0.381. The van der Waals surface area contributed by atoms with Crippen LogP contribution in [0.1, 0.15) is 33.6 Å². The Morgan fingerprint density at radius 1 is 1.28 bits per heavy atom. The van der Waals surface area contributed by atoms with Crippen molar-refractivity contribution in [3.63, 3.8) is 0 Å². The minimum absolute atomic E-state index is 0.207. The van der Waals surface area contributed by atoms with Gasteiger partial charge in [0, 0.05) is 29.9 Å². The monoisotopic (exact) mass is 412 g/mol. The summed E-state index contributed by atoms with van der Waals surface area (Å²) in [6.07, 6.45) is 4.84. The van der Waals surface area contributed by atoms with Crippen LogP contribution in [-0.4, -0.2) is 44.5 Å². The van der Waals surface area contributed by atoms with E-state index in [1.807, 2.05) is 67.2 Å². The van der Waals surface area contributed by atoms with Crippen molar-refractivity contribution in [1.82, 2.24) is 14.3 Å². The third kappa shape index (κ3) is 4.12. The number of hydrogen-bond donors (Lipinski definition) is 1. The molecule has 1 aliphatic rings. The number of benzene rings is 1. The van der Waals surface area contributed by atoms with Crippen molar-refractivity contribution in [2.24, 2.45) is 0 Å². The van der Waals surface area contributed by atoms with E-state index in [0.29, 0.717) is 18.7 Å². The number of carbonyl (C=O) groups excluding carboxylic acids is 2. The second kappa shape index (κ2) is 7.51. The van der Waals surface area contributed by atoms with E-state index in [4.69, 9.17) is 4.74 Å². The maximum atomic E-state index is 13.0. The Bertz CT molecular complexity index is 1020. The highest BCUT2D eigenvalue weighted by atomic mass is 32.1. The molecule has 29 heavy (non-hydrogen) atoms. The molecule has 8 heteroatoms. The van der Waals surface area contributed by atoms with E-state index in [1.165, 1.54) is 4.90 Å². The van der Waals surface area contributed by atoms with Crippen LogP contribution in [0.25, 0.3) is 16.2 Å². The normalized spacial score (nSPS) is 16.9. The van der Waals surface area contributed by atoms with Gasteiger partial charge in [-0.3, -0.25) is 14.1 Å². The van der Waals surface area contributed by atoms with Crippen LogP contribution >= 0.6 is 11.3 Å². The molecular weight excluding hydrogens is 388 g/mol. The zero-order valence-electron chi connectivity index (χ0n) is 16.7.